The van der Waals surface area contributed by atoms with Crippen molar-refractivity contribution in [2.75, 3.05) is 6.61 Å². The van der Waals surface area contributed by atoms with Crippen molar-refractivity contribution in [3.05, 3.63) is 12.2 Å². The van der Waals surface area contributed by atoms with Crippen LogP contribution in [-0.2, 0) is 14.3 Å². The van der Waals surface area contributed by atoms with Gasteiger partial charge in [0.1, 0.15) is 6.42 Å². The topological polar surface area (TPSA) is 63.6 Å². The summed E-state index contributed by atoms with van der Waals surface area (Å²) in [6.45, 7) is 7.58. The summed E-state index contributed by atoms with van der Waals surface area (Å²) in [5.41, 5.74) is 1.05. The fourth-order valence-electron chi connectivity index (χ4n) is 7.86. The lowest BCUT2D eigenvalue weighted by atomic mass is 9.40. The Labute approximate surface area is 162 Å². The molecule has 1 N–H and O–H groups in total. The van der Waals surface area contributed by atoms with Crippen LogP contribution in [0.15, 0.2) is 12.2 Å². The SMILES string of the molecule is C[C@]12C=C[C@@]3(CC[C@@H]4[C@](C)(COC(=O)CC(=O)O)CCC[C@@]4(C)[C@H]3CC1)C2. The Balaban J connectivity index is 1.55. The fraction of sp³-hybridized carbons (Fsp3) is 0.826. The lowest BCUT2D eigenvalue weighted by molar-refractivity contribution is -0.173. The molecule has 0 amide bonds. The zero-order valence-electron chi connectivity index (χ0n) is 17.1. The smallest absolute Gasteiger partial charge is 0.317 e. The van der Waals surface area contributed by atoms with Gasteiger partial charge in [-0.1, -0.05) is 39.3 Å². The zero-order valence-corrected chi connectivity index (χ0v) is 17.1. The highest BCUT2D eigenvalue weighted by molar-refractivity contribution is 5.90. The summed E-state index contributed by atoms with van der Waals surface area (Å²) in [5.74, 6) is -0.442. The number of carboxylic acids is 1. The molecule has 0 aromatic rings. The van der Waals surface area contributed by atoms with Crippen molar-refractivity contribution in [2.45, 2.75) is 78.6 Å². The second kappa shape index (κ2) is 6.09. The van der Waals surface area contributed by atoms with Crippen LogP contribution in [0.1, 0.15) is 78.6 Å². The van der Waals surface area contributed by atoms with Gasteiger partial charge in [0.2, 0.25) is 0 Å². The molecule has 0 aromatic carbocycles. The molecule has 0 heterocycles. The zero-order chi connectivity index (χ0) is 19.5. The molecule has 4 rings (SSSR count). The maximum Gasteiger partial charge on any atom is 0.317 e. The average molecular weight is 375 g/mol. The number of carboxylic acid groups (broad SMARTS) is 1. The molecular formula is C23H34O4. The summed E-state index contributed by atoms with van der Waals surface area (Å²) in [6.07, 6.45) is 14.4. The maximum absolute atomic E-state index is 11.8. The van der Waals surface area contributed by atoms with Gasteiger partial charge in [0, 0.05) is 5.41 Å². The van der Waals surface area contributed by atoms with E-state index in [0.717, 1.165) is 12.3 Å². The van der Waals surface area contributed by atoms with E-state index in [4.69, 9.17) is 9.84 Å². The molecule has 4 aliphatic carbocycles. The van der Waals surface area contributed by atoms with Crippen molar-refractivity contribution in [3.8, 4) is 0 Å². The quantitative estimate of drug-likeness (QED) is 0.428. The average Bonchev–Trinajstić information content (AvgIpc) is 2.82. The van der Waals surface area contributed by atoms with Crippen LogP contribution in [0.2, 0.25) is 0 Å². The largest absolute Gasteiger partial charge is 0.481 e. The Morgan fingerprint density at radius 2 is 1.78 bits per heavy atom. The summed E-state index contributed by atoms with van der Waals surface area (Å²) in [4.78, 5) is 22.6. The van der Waals surface area contributed by atoms with Crippen molar-refractivity contribution in [1.29, 1.82) is 0 Å². The first-order chi connectivity index (χ1) is 12.6. The van der Waals surface area contributed by atoms with E-state index in [1.807, 2.05) is 0 Å². The third-order valence-corrected chi connectivity index (χ3v) is 8.90. The van der Waals surface area contributed by atoms with Crippen LogP contribution in [0.4, 0.5) is 0 Å². The van der Waals surface area contributed by atoms with Gasteiger partial charge < -0.3 is 9.84 Å². The van der Waals surface area contributed by atoms with E-state index in [9.17, 15) is 9.59 Å². The molecule has 0 unspecified atom stereocenters. The van der Waals surface area contributed by atoms with Crippen LogP contribution >= 0.6 is 0 Å². The number of rotatable bonds is 4. The first kappa shape index (κ1) is 19.0. The highest BCUT2D eigenvalue weighted by Gasteiger charge is 2.63. The molecule has 0 aliphatic heterocycles. The van der Waals surface area contributed by atoms with E-state index in [1.54, 1.807) is 0 Å². The maximum atomic E-state index is 11.8. The number of hydrogen-bond acceptors (Lipinski definition) is 3. The Bertz CT molecular complexity index is 684. The number of hydrogen-bond donors (Lipinski definition) is 1. The summed E-state index contributed by atoms with van der Waals surface area (Å²) in [5, 5.41) is 8.82. The molecule has 3 saturated carbocycles. The van der Waals surface area contributed by atoms with Gasteiger partial charge in [0.15, 0.2) is 0 Å². The molecule has 1 spiro atoms. The van der Waals surface area contributed by atoms with Crippen LogP contribution in [0, 0.1) is 33.5 Å². The highest BCUT2D eigenvalue weighted by atomic mass is 16.5. The second-order valence-electron chi connectivity index (χ2n) is 10.8. The number of aliphatic carboxylic acids is 1. The summed E-state index contributed by atoms with van der Waals surface area (Å²) in [7, 11) is 0. The van der Waals surface area contributed by atoms with Crippen LogP contribution in [0.5, 0.6) is 0 Å². The molecule has 27 heavy (non-hydrogen) atoms. The minimum atomic E-state index is -1.11. The van der Waals surface area contributed by atoms with Crippen molar-refractivity contribution in [2.24, 2.45) is 33.5 Å². The predicted molar refractivity (Wildman–Crippen MR) is 103 cm³/mol. The van der Waals surface area contributed by atoms with Crippen molar-refractivity contribution in [3.63, 3.8) is 0 Å². The van der Waals surface area contributed by atoms with E-state index >= 15 is 0 Å². The van der Waals surface area contributed by atoms with E-state index < -0.39 is 18.4 Å². The van der Waals surface area contributed by atoms with Gasteiger partial charge in [-0.25, -0.2) is 0 Å². The lowest BCUT2D eigenvalue weighted by Crippen LogP contribution is -2.58. The third kappa shape index (κ3) is 2.94. The van der Waals surface area contributed by atoms with Gasteiger partial charge in [-0.05, 0) is 73.0 Å². The van der Waals surface area contributed by atoms with Gasteiger partial charge in [0.25, 0.3) is 0 Å². The van der Waals surface area contributed by atoms with E-state index in [2.05, 4.69) is 32.9 Å². The Morgan fingerprint density at radius 1 is 1.04 bits per heavy atom. The van der Waals surface area contributed by atoms with Crippen molar-refractivity contribution in [1.82, 2.24) is 0 Å². The first-order valence-corrected chi connectivity index (χ1v) is 10.7. The van der Waals surface area contributed by atoms with Gasteiger partial charge in [-0.15, -0.1) is 0 Å². The van der Waals surface area contributed by atoms with Gasteiger partial charge >= 0.3 is 11.9 Å². The van der Waals surface area contributed by atoms with Crippen molar-refractivity contribution < 1.29 is 19.4 Å². The van der Waals surface area contributed by atoms with Crippen LogP contribution in [-0.4, -0.2) is 23.7 Å². The van der Waals surface area contributed by atoms with E-state index in [0.29, 0.717) is 28.8 Å². The summed E-state index contributed by atoms with van der Waals surface area (Å²) >= 11 is 0. The van der Waals surface area contributed by atoms with Crippen molar-refractivity contribution >= 4 is 11.9 Å². The first-order valence-electron chi connectivity index (χ1n) is 10.7. The lowest BCUT2D eigenvalue weighted by Gasteiger charge is -2.64. The van der Waals surface area contributed by atoms with Crippen LogP contribution in [0.25, 0.3) is 0 Å². The van der Waals surface area contributed by atoms with E-state index in [1.165, 1.54) is 44.9 Å². The third-order valence-electron chi connectivity index (χ3n) is 8.90. The number of ether oxygens (including phenoxy) is 1. The molecule has 4 nitrogen and oxygen atoms in total. The monoisotopic (exact) mass is 374 g/mol. The number of carbonyl (C=O) groups excluding carboxylic acids is 1. The number of allylic oxidation sites excluding steroid dienone is 2. The van der Waals surface area contributed by atoms with Crippen LogP contribution < -0.4 is 0 Å². The summed E-state index contributed by atoms with van der Waals surface area (Å²) < 4.78 is 5.47. The van der Waals surface area contributed by atoms with Gasteiger partial charge in [-0.3, -0.25) is 9.59 Å². The number of carbonyl (C=O) groups is 2. The summed E-state index contributed by atoms with van der Waals surface area (Å²) in [6, 6.07) is 0. The van der Waals surface area contributed by atoms with Gasteiger partial charge in [-0.2, -0.15) is 0 Å². The normalized spacial score (nSPS) is 47.8. The molecule has 0 saturated heterocycles. The van der Waals surface area contributed by atoms with Gasteiger partial charge in [0.05, 0.1) is 6.61 Å². The minimum Gasteiger partial charge on any atom is -0.481 e. The standard InChI is InChI=1S/C23H34O4/c1-20-9-5-17-22(3)8-4-7-21(2,15-27-19(26)13-18(24)25)16(22)6-10-23(17,14-20)12-11-20/h11-12,16-17H,4-10,13-15H2,1-3H3,(H,24,25)/t16-,17-,20-,21+,22-,23+/m1/s1. The van der Waals surface area contributed by atoms with E-state index in [-0.39, 0.29) is 5.41 Å². The minimum absolute atomic E-state index is 0.0359. The molecule has 0 aromatic heterocycles. The molecule has 3 fully saturated rings. The molecular weight excluding hydrogens is 340 g/mol. The highest BCUT2D eigenvalue weighted by Crippen LogP contribution is 2.71. The second-order valence-corrected chi connectivity index (χ2v) is 10.8. The Hall–Kier alpha value is -1.32. The Morgan fingerprint density at radius 3 is 2.52 bits per heavy atom. The van der Waals surface area contributed by atoms with Crippen LogP contribution in [0.3, 0.4) is 0 Å². The number of esters is 1. The molecule has 2 bridgehead atoms. The Kier molecular flexibility index (Phi) is 4.29. The molecule has 6 atom stereocenters. The molecule has 4 heteroatoms. The fourth-order valence-corrected chi connectivity index (χ4v) is 7.86. The predicted octanol–water partition coefficient (Wildman–Crippen LogP) is 4.97. The number of fused-ring (bicyclic) bond motifs is 3. The molecule has 0 radical (unpaired) electrons. The molecule has 150 valence electrons. The molecule has 4 aliphatic rings.